The van der Waals surface area contributed by atoms with Crippen LogP contribution in [0.15, 0.2) is 24.3 Å². The molecule has 222 valence electrons. The van der Waals surface area contributed by atoms with Crippen molar-refractivity contribution in [2.45, 2.75) is 25.8 Å². The highest BCUT2D eigenvalue weighted by Gasteiger charge is 2.28. The van der Waals surface area contributed by atoms with Crippen LogP contribution in [0.4, 0.5) is 5.69 Å². The molecular weight excluding hydrogens is 542 g/mol. The fraction of sp³-hybridized carbons (Fsp3) is 0.577. The molecule has 13 nitrogen and oxygen atoms in total. The summed E-state index contributed by atoms with van der Waals surface area (Å²) in [7, 11) is 0. The van der Waals surface area contributed by atoms with E-state index in [1.807, 2.05) is 24.3 Å². The van der Waals surface area contributed by atoms with Crippen molar-refractivity contribution in [1.29, 1.82) is 0 Å². The number of hydrogen-bond acceptors (Lipinski definition) is 9. The zero-order valence-corrected chi connectivity index (χ0v) is 23.5. The van der Waals surface area contributed by atoms with Gasteiger partial charge < -0.3 is 25.7 Å². The van der Waals surface area contributed by atoms with Crippen LogP contribution in [0.5, 0.6) is 0 Å². The van der Waals surface area contributed by atoms with Gasteiger partial charge in [-0.1, -0.05) is 24.4 Å². The largest absolute Gasteiger partial charge is 0.480 e. The molecule has 1 aromatic carbocycles. The Morgan fingerprint density at radius 3 is 1.50 bits per heavy atom. The summed E-state index contributed by atoms with van der Waals surface area (Å²) in [6, 6.07) is 6.69. The summed E-state index contributed by atoms with van der Waals surface area (Å²) in [5, 5.41) is 41.3. The fourth-order valence-corrected chi connectivity index (χ4v) is 4.75. The van der Waals surface area contributed by atoms with Crippen LogP contribution in [0.3, 0.4) is 0 Å². The van der Waals surface area contributed by atoms with E-state index in [9.17, 15) is 39.6 Å². The molecule has 1 saturated heterocycles. The van der Waals surface area contributed by atoms with Gasteiger partial charge in [0.2, 0.25) is 0 Å². The number of carboxylic acids is 4. The van der Waals surface area contributed by atoms with Crippen LogP contribution in [0.25, 0.3) is 0 Å². The molecule has 0 spiro atoms. The van der Waals surface area contributed by atoms with Gasteiger partial charge in [-0.2, -0.15) is 0 Å². The summed E-state index contributed by atoms with van der Waals surface area (Å²) in [5.41, 5.74) is 1.79. The minimum Gasteiger partial charge on any atom is -0.480 e. The van der Waals surface area contributed by atoms with E-state index < -0.39 is 29.9 Å². The third-order valence-corrected chi connectivity index (χ3v) is 6.76. The lowest BCUT2D eigenvalue weighted by Crippen LogP contribution is -2.51. The van der Waals surface area contributed by atoms with Crippen LogP contribution >= 0.6 is 12.2 Å². The van der Waals surface area contributed by atoms with E-state index >= 15 is 0 Å². The third kappa shape index (κ3) is 12.8. The highest BCUT2D eigenvalue weighted by Crippen LogP contribution is 2.15. The van der Waals surface area contributed by atoms with Gasteiger partial charge in [0.1, 0.15) is 6.04 Å². The lowest BCUT2D eigenvalue weighted by atomic mass is 10.0. The number of carboxylic acid groups (broad SMARTS) is 4. The van der Waals surface area contributed by atoms with Crippen LogP contribution in [0.2, 0.25) is 0 Å². The summed E-state index contributed by atoms with van der Waals surface area (Å²) in [4.78, 5) is 54.1. The maximum atomic E-state index is 12.4. The van der Waals surface area contributed by atoms with Crippen molar-refractivity contribution in [3.8, 4) is 0 Å². The third-order valence-electron chi connectivity index (χ3n) is 6.65. The van der Waals surface area contributed by atoms with Crippen LogP contribution in [0, 0.1) is 0 Å². The molecule has 1 unspecified atom stereocenters. The molecule has 1 fully saturated rings. The second-order valence-electron chi connectivity index (χ2n) is 9.82. The summed E-state index contributed by atoms with van der Waals surface area (Å²) >= 11 is 5.06. The van der Waals surface area contributed by atoms with Crippen molar-refractivity contribution >= 4 is 46.8 Å². The quantitative estimate of drug-likeness (QED) is 0.213. The number of nitrogens with one attached hydrogen (secondary N) is 1. The topological polar surface area (TPSA) is 174 Å². The monoisotopic (exact) mass is 581 g/mol. The number of aliphatic carboxylic acids is 4. The average molecular weight is 582 g/mol. The molecule has 14 heteroatoms. The van der Waals surface area contributed by atoms with Crippen LogP contribution in [-0.4, -0.2) is 147 Å². The molecule has 0 saturated carbocycles. The predicted octanol–water partition coefficient (Wildman–Crippen LogP) is 0.307. The van der Waals surface area contributed by atoms with Crippen molar-refractivity contribution in [3.63, 3.8) is 0 Å². The van der Waals surface area contributed by atoms with E-state index in [0.717, 1.165) is 11.3 Å². The van der Waals surface area contributed by atoms with Gasteiger partial charge >= 0.3 is 23.9 Å². The van der Waals surface area contributed by atoms with E-state index in [1.165, 1.54) is 0 Å². The number of rotatable bonds is 12. The lowest BCUT2D eigenvalue weighted by Gasteiger charge is -2.35. The Labute approximate surface area is 238 Å². The molecular formula is C26H39N5O8S. The SMILES string of the molecule is CC(=S)Nc1ccc(CCC(C(=O)O)N2CCN(CC(=O)O)CCN(CC(=O)O)CCN(CC(=O)O)CC2)cc1. The van der Waals surface area contributed by atoms with Crippen LogP contribution < -0.4 is 5.32 Å². The van der Waals surface area contributed by atoms with Gasteiger partial charge in [0.05, 0.1) is 24.6 Å². The molecule has 1 atom stereocenters. The second kappa shape index (κ2) is 16.8. The minimum absolute atomic E-state index is 0.251. The molecule has 0 radical (unpaired) electrons. The summed E-state index contributed by atoms with van der Waals surface area (Å²) in [6.45, 7) is 3.10. The number of aryl methyl sites for hydroxylation is 1. The Hall–Kier alpha value is -3.17. The number of thiocarbonyl (C=S) groups is 1. The van der Waals surface area contributed by atoms with Crippen molar-refractivity contribution in [2.24, 2.45) is 0 Å². The Morgan fingerprint density at radius 2 is 1.15 bits per heavy atom. The number of carbonyl (C=O) groups is 4. The van der Waals surface area contributed by atoms with Gasteiger partial charge in [-0.15, -0.1) is 0 Å². The molecule has 0 aromatic heterocycles. The smallest absolute Gasteiger partial charge is 0.320 e. The first kappa shape index (κ1) is 33.0. The van der Waals surface area contributed by atoms with Crippen molar-refractivity contribution in [1.82, 2.24) is 19.6 Å². The maximum absolute atomic E-state index is 12.4. The van der Waals surface area contributed by atoms with Crippen LogP contribution in [0.1, 0.15) is 18.9 Å². The van der Waals surface area contributed by atoms with Gasteiger partial charge in [-0.25, -0.2) is 0 Å². The van der Waals surface area contributed by atoms with Gasteiger partial charge in [-0.3, -0.25) is 38.8 Å². The summed E-state index contributed by atoms with van der Waals surface area (Å²) in [6.07, 6.45) is 0.796. The lowest BCUT2D eigenvalue weighted by molar-refractivity contribution is -0.145. The highest BCUT2D eigenvalue weighted by molar-refractivity contribution is 7.80. The first-order chi connectivity index (χ1) is 18.9. The van der Waals surface area contributed by atoms with Gasteiger partial charge in [0.15, 0.2) is 0 Å². The molecule has 0 bridgehead atoms. The number of anilines is 1. The molecule has 1 aromatic rings. The molecule has 40 heavy (non-hydrogen) atoms. The van der Waals surface area contributed by atoms with Gasteiger partial charge in [0.25, 0.3) is 0 Å². The zero-order valence-electron chi connectivity index (χ0n) is 22.7. The van der Waals surface area contributed by atoms with Crippen molar-refractivity contribution in [3.05, 3.63) is 29.8 Å². The number of hydrogen-bond donors (Lipinski definition) is 5. The van der Waals surface area contributed by atoms with E-state index in [2.05, 4.69) is 5.32 Å². The van der Waals surface area contributed by atoms with Gasteiger partial charge in [-0.05, 0) is 37.5 Å². The summed E-state index contributed by atoms with van der Waals surface area (Å²) < 4.78 is 0. The van der Waals surface area contributed by atoms with E-state index in [0.29, 0.717) is 17.8 Å². The summed E-state index contributed by atoms with van der Waals surface area (Å²) in [5.74, 6) is -4.11. The molecule has 1 heterocycles. The van der Waals surface area contributed by atoms with Gasteiger partial charge in [0, 0.05) is 58.0 Å². The Morgan fingerprint density at radius 1 is 0.750 bits per heavy atom. The standard InChI is InChI=1S/C26H39N5O8S/c1-19(40)27-21-5-2-20(3-6-21)4-7-22(26(38)39)31-14-12-29(17-24(34)35)10-8-28(16-23(32)33)9-11-30(13-15-31)18-25(36)37/h2-3,5-6,22H,4,7-18H2,1H3,(H,27,40)(H,32,33)(H,34,35)(H,36,37)(H,38,39). The zero-order chi connectivity index (χ0) is 29.7. The van der Waals surface area contributed by atoms with Crippen molar-refractivity contribution < 1.29 is 39.6 Å². The van der Waals surface area contributed by atoms with Crippen molar-refractivity contribution in [2.75, 3.05) is 77.3 Å². The molecule has 1 aliphatic heterocycles. The Balaban J connectivity index is 2.22. The highest BCUT2D eigenvalue weighted by atomic mass is 32.1. The molecule has 0 aliphatic carbocycles. The molecule has 0 amide bonds. The van der Waals surface area contributed by atoms with E-state index in [1.54, 1.807) is 26.5 Å². The molecule has 2 rings (SSSR count). The first-order valence-electron chi connectivity index (χ1n) is 13.1. The molecule has 1 aliphatic rings. The predicted molar refractivity (Wildman–Crippen MR) is 152 cm³/mol. The maximum Gasteiger partial charge on any atom is 0.320 e. The fourth-order valence-electron chi connectivity index (χ4n) is 4.64. The normalized spacial score (nSPS) is 17.7. The molecule has 5 N–H and O–H groups in total. The second-order valence-corrected chi connectivity index (χ2v) is 10.4. The van der Waals surface area contributed by atoms with E-state index in [4.69, 9.17) is 12.2 Å². The Kier molecular flexibility index (Phi) is 13.9. The average Bonchev–Trinajstić information content (AvgIpc) is 2.84. The minimum atomic E-state index is -1.03. The number of benzene rings is 1. The Bertz CT molecular complexity index is 993. The first-order valence-corrected chi connectivity index (χ1v) is 13.5. The number of nitrogens with zero attached hydrogens (tertiary/aromatic N) is 4. The van der Waals surface area contributed by atoms with E-state index in [-0.39, 0.29) is 72.0 Å². The van der Waals surface area contributed by atoms with Crippen LogP contribution in [-0.2, 0) is 25.6 Å².